The van der Waals surface area contributed by atoms with Gasteiger partial charge >= 0.3 is 51.4 Å². The third-order valence-corrected chi connectivity index (χ3v) is 12.6. The molecule has 4 aromatic carbocycles. The number of aldehydes is 1. The average Bonchev–Trinajstić information content (AvgIpc) is 3.42. The molecule has 4 aromatic rings. The van der Waals surface area contributed by atoms with Crippen LogP contribution in [0.2, 0.25) is 0 Å². The molecule has 0 aliphatic heterocycles. The molecule has 0 bridgehead atoms. The van der Waals surface area contributed by atoms with E-state index in [0.29, 0.717) is 68.9 Å². The number of ether oxygens (including phenoxy) is 12. The fourth-order valence-electron chi connectivity index (χ4n) is 8.19. The van der Waals surface area contributed by atoms with Crippen molar-refractivity contribution in [2.45, 2.75) is 94.9 Å². The van der Waals surface area contributed by atoms with Crippen LogP contribution in [0.3, 0.4) is 0 Å². The van der Waals surface area contributed by atoms with Crippen LogP contribution < -0.4 is 84.5 Å². The Morgan fingerprint density at radius 2 is 0.915 bits per heavy atom. The van der Waals surface area contributed by atoms with Gasteiger partial charge in [0.05, 0.1) is 30.9 Å². The Balaban J connectivity index is 0.00000136. The maximum absolute atomic E-state index is 13.7. The first kappa shape index (κ1) is 76.6. The maximum atomic E-state index is 13.7. The topological polar surface area (TPSA) is 192 Å². The molecule has 4 rings (SSSR count). The number of hydrogen-bond acceptors (Lipinski definition) is 16. The number of carbonyl (C=O) groups is 3. The molecule has 0 radical (unpaired) electrons. The summed E-state index contributed by atoms with van der Waals surface area (Å²) in [6.45, 7) is 28.7. The Morgan fingerprint density at radius 3 is 1.32 bits per heavy atom. The van der Waals surface area contributed by atoms with E-state index >= 15 is 0 Å². The number of rotatable bonds is 32. The van der Waals surface area contributed by atoms with Gasteiger partial charge in [0, 0.05) is 59.3 Å². The molecule has 0 aliphatic carbocycles. The molecule has 0 saturated carbocycles. The van der Waals surface area contributed by atoms with E-state index in [1.165, 1.54) is 38.6 Å². The van der Waals surface area contributed by atoms with E-state index in [0.717, 1.165) is 64.5 Å². The number of hydrogen-bond donors (Lipinski definition) is 0. The van der Waals surface area contributed by atoms with Gasteiger partial charge in [-0.1, -0.05) is 53.7 Å². The van der Waals surface area contributed by atoms with Crippen molar-refractivity contribution in [1.82, 2.24) is 0 Å². The first-order valence-electron chi connectivity index (χ1n) is 26.2. The Morgan fingerprint density at radius 1 is 0.512 bits per heavy atom. The van der Waals surface area contributed by atoms with E-state index < -0.39 is 0 Å². The standard InChI is InChI=1S/C33H44O8.C22H32O4.C10H12O3.K.H2O/c1-22(2)10-11-26(23(3)4)16-28-24(5)33(32(38-9)18-31(28)41-21-37-8)29(34)15-13-25-12-14-27(39-19-35-6)17-30(25)40-20-36-7;1-14(2)9-10-18(15(3)4)11-19-16(5)22(17(6)23)21(25-8)12-20(19)26-13-24-7;1-8-3-4-9(6-11)10(5-8)13-7-12-2;;/h10,12-15,17-18,26H,3,11,16,19-21H2,1-2,4-9H3;9,12,18H,3,10-11,13H2,1-2,4-8H3;3-6H,7H2,1-2H3;;1H2/q;;;+1;/p-1/b15-13+;;;;. The molecule has 16 nitrogen and oxygen atoms in total. The molecule has 0 spiro atoms. The van der Waals surface area contributed by atoms with E-state index in [1.807, 2.05) is 46.8 Å². The van der Waals surface area contributed by atoms with E-state index in [-0.39, 0.29) is 114 Å². The fourth-order valence-corrected chi connectivity index (χ4v) is 8.19. The maximum Gasteiger partial charge on any atom is 1.00 e. The first-order chi connectivity index (χ1) is 38.2. The van der Waals surface area contributed by atoms with Gasteiger partial charge in [-0.15, -0.1) is 0 Å². The largest absolute Gasteiger partial charge is 1.00 e. The number of benzene rings is 4. The molecule has 0 aliphatic rings. The predicted molar refractivity (Wildman–Crippen MR) is 318 cm³/mol. The van der Waals surface area contributed by atoms with Crippen LogP contribution in [0.1, 0.15) is 126 Å². The molecule has 1 N–H and O–H groups in total. The summed E-state index contributed by atoms with van der Waals surface area (Å²) in [5.74, 6) is 4.09. The molecule has 446 valence electrons. The van der Waals surface area contributed by atoms with Crippen molar-refractivity contribution in [2.75, 3.05) is 83.7 Å². The van der Waals surface area contributed by atoms with Crippen LogP contribution in [0.5, 0.6) is 40.2 Å². The van der Waals surface area contributed by atoms with Crippen LogP contribution in [-0.2, 0) is 36.5 Å². The normalized spacial score (nSPS) is 11.1. The number of allylic oxidation sites excluding steroid dienone is 7. The number of aryl methyl sites for hydroxylation is 1. The van der Waals surface area contributed by atoms with Gasteiger partial charge < -0.3 is 62.3 Å². The quantitative estimate of drug-likeness (QED) is 0.0112. The van der Waals surface area contributed by atoms with Gasteiger partial charge in [-0.25, -0.2) is 0 Å². The van der Waals surface area contributed by atoms with E-state index in [1.54, 1.807) is 77.8 Å². The monoisotopic (exact) mass is 1160 g/mol. The van der Waals surface area contributed by atoms with Crippen LogP contribution >= 0.6 is 0 Å². The fraction of sp³-hybridized carbons (Fsp3) is 0.431. The van der Waals surface area contributed by atoms with Gasteiger partial charge in [0.15, 0.2) is 51.8 Å². The summed E-state index contributed by atoms with van der Waals surface area (Å²) in [7, 11) is 10.9. The van der Waals surface area contributed by atoms with Crippen LogP contribution in [0.15, 0.2) is 102 Å². The number of methoxy groups -OCH3 is 7. The van der Waals surface area contributed by atoms with Crippen molar-refractivity contribution < 1.29 is 128 Å². The van der Waals surface area contributed by atoms with Gasteiger partial charge in [0.1, 0.15) is 40.2 Å². The minimum Gasteiger partial charge on any atom is -0.870 e. The van der Waals surface area contributed by atoms with Crippen LogP contribution in [0, 0.1) is 32.6 Å². The zero-order chi connectivity index (χ0) is 59.9. The van der Waals surface area contributed by atoms with Gasteiger partial charge in [-0.3, -0.25) is 14.4 Å². The van der Waals surface area contributed by atoms with Gasteiger partial charge in [-0.05, 0) is 171 Å². The van der Waals surface area contributed by atoms with Crippen molar-refractivity contribution in [1.29, 1.82) is 0 Å². The third-order valence-electron chi connectivity index (χ3n) is 12.6. The Labute approximate surface area is 530 Å². The summed E-state index contributed by atoms with van der Waals surface area (Å²) in [5.41, 5.74) is 11.6. The van der Waals surface area contributed by atoms with Crippen LogP contribution in [0.25, 0.3) is 6.08 Å². The predicted octanol–water partition coefficient (Wildman–Crippen LogP) is 10.8. The summed E-state index contributed by atoms with van der Waals surface area (Å²) in [5, 5.41) is 0. The molecule has 2 atom stereocenters. The molecule has 0 saturated heterocycles. The molecule has 0 aromatic heterocycles. The minimum atomic E-state index is -0.215. The summed E-state index contributed by atoms with van der Waals surface area (Å²) in [6, 6.07) is 14.2. The molecule has 0 heterocycles. The number of Topliss-reactive ketones (excluding diaryl/α,β-unsaturated/α-hetero) is 1. The van der Waals surface area contributed by atoms with Crippen molar-refractivity contribution in [2.24, 2.45) is 11.8 Å². The summed E-state index contributed by atoms with van der Waals surface area (Å²) in [6.07, 6.45) is 11.5. The van der Waals surface area contributed by atoms with Crippen molar-refractivity contribution in [3.05, 3.63) is 152 Å². The SMILES string of the molecule is C=C(C)C(CC=C(C)C)Cc1c(OCOC)cc(OC)c(C(=O)/C=C/c2ccc(OCOC)cc2OCOC)c1C.C=C(C)C(CC=C(C)C)Cc1c(OCOC)cc(OC)c(C(C)=O)c1C.COCOc1cc(C)ccc1C=O.[K+].[OH-]. The smallest absolute Gasteiger partial charge is 0.870 e. The Bertz CT molecular complexity index is 2750. The van der Waals surface area contributed by atoms with Crippen LogP contribution in [0.4, 0.5) is 0 Å². The zero-order valence-electron chi connectivity index (χ0n) is 52.0. The molecule has 82 heavy (non-hydrogen) atoms. The molecule has 2 unspecified atom stereocenters. The van der Waals surface area contributed by atoms with E-state index in [9.17, 15) is 14.4 Å². The third kappa shape index (κ3) is 25.6. The molecular weight excluding hydrogens is 1080 g/mol. The molecular formula is C65H89KO16. The minimum absolute atomic E-state index is 0. The van der Waals surface area contributed by atoms with Crippen molar-refractivity contribution in [3.63, 3.8) is 0 Å². The van der Waals surface area contributed by atoms with Crippen molar-refractivity contribution in [3.8, 4) is 40.2 Å². The van der Waals surface area contributed by atoms with Crippen LogP contribution in [-0.4, -0.2) is 107 Å². The van der Waals surface area contributed by atoms with Crippen molar-refractivity contribution >= 4 is 23.9 Å². The van der Waals surface area contributed by atoms with Gasteiger partial charge in [0.25, 0.3) is 0 Å². The molecule has 17 heteroatoms. The molecule has 0 amide bonds. The second kappa shape index (κ2) is 41.6. The number of ketones is 2. The number of carbonyl (C=O) groups excluding carboxylic acids is 3. The Kier molecular flexibility index (Phi) is 38.8. The van der Waals surface area contributed by atoms with E-state index in [2.05, 4.69) is 53.0 Å². The summed E-state index contributed by atoms with van der Waals surface area (Å²) in [4.78, 5) is 36.5. The van der Waals surface area contributed by atoms with Gasteiger partial charge in [-0.2, -0.15) is 0 Å². The zero-order valence-corrected chi connectivity index (χ0v) is 55.1. The summed E-state index contributed by atoms with van der Waals surface area (Å²) >= 11 is 0. The first-order valence-corrected chi connectivity index (χ1v) is 26.2. The van der Waals surface area contributed by atoms with E-state index in [4.69, 9.17) is 56.8 Å². The van der Waals surface area contributed by atoms with Gasteiger partial charge in [0.2, 0.25) is 0 Å². The Hall–Kier alpha value is -5.41. The summed E-state index contributed by atoms with van der Waals surface area (Å²) < 4.78 is 64.3. The average molecular weight is 1170 g/mol. The second-order valence-electron chi connectivity index (χ2n) is 19.5. The second-order valence-corrected chi connectivity index (χ2v) is 19.5. The molecule has 0 fully saturated rings.